The SMILES string of the molecule is CN(CCO)C(=O)OCC1=C(C(=O)[O-])N2C(=O)C(NC(=O)/C(=N\O)c3csc(N)n3)[C@@H]2SC1.[Na+]. The van der Waals surface area contributed by atoms with Gasteiger partial charge in [-0.3, -0.25) is 14.5 Å². The first-order valence-corrected chi connectivity index (χ1v) is 11.2. The normalized spacial score (nSPS) is 19.5. The number of likely N-dealkylation sites (N-methyl/N-ethyl adjacent to an activating group) is 1. The number of aliphatic hydroxyl groups is 1. The summed E-state index contributed by atoms with van der Waals surface area (Å²) in [5.74, 6) is -3.17. The van der Waals surface area contributed by atoms with Gasteiger partial charge in [-0.25, -0.2) is 9.78 Å². The summed E-state index contributed by atoms with van der Waals surface area (Å²) in [5.41, 5.74) is 4.79. The van der Waals surface area contributed by atoms with Gasteiger partial charge in [-0.15, -0.1) is 23.1 Å². The fourth-order valence-electron chi connectivity index (χ4n) is 3.10. The molecule has 0 bridgehead atoms. The summed E-state index contributed by atoms with van der Waals surface area (Å²) in [7, 11) is 1.40. The molecule has 1 aromatic heterocycles. The van der Waals surface area contributed by atoms with Crippen LogP contribution in [0.15, 0.2) is 21.8 Å². The fraction of sp³-hybridized carbons (Fsp3) is 0.412. The minimum Gasteiger partial charge on any atom is -0.543 e. The van der Waals surface area contributed by atoms with E-state index in [1.165, 1.54) is 12.4 Å². The summed E-state index contributed by atoms with van der Waals surface area (Å²) in [6, 6.07) is -1.09. The van der Waals surface area contributed by atoms with Crippen LogP contribution in [0.4, 0.5) is 9.93 Å². The number of nitrogens with two attached hydrogens (primary N) is 1. The molecule has 14 nitrogen and oxygen atoms in total. The molecule has 17 heteroatoms. The number of oxime groups is 1. The summed E-state index contributed by atoms with van der Waals surface area (Å²) in [4.78, 5) is 54.7. The molecule has 2 aliphatic rings. The molecule has 34 heavy (non-hydrogen) atoms. The number of fused-ring (bicyclic) bond motifs is 1. The van der Waals surface area contributed by atoms with Crippen molar-refractivity contribution in [1.29, 1.82) is 0 Å². The molecule has 5 N–H and O–H groups in total. The zero-order chi connectivity index (χ0) is 24.3. The Bertz CT molecular complexity index is 1050. The van der Waals surface area contributed by atoms with Crippen molar-refractivity contribution in [2.24, 2.45) is 5.16 Å². The molecule has 3 amide bonds. The Kier molecular flexibility index (Phi) is 9.72. The number of rotatable bonds is 8. The Morgan fingerprint density at radius 2 is 2.18 bits per heavy atom. The number of carbonyl (C=O) groups is 4. The molecule has 1 fully saturated rings. The second-order valence-electron chi connectivity index (χ2n) is 6.82. The Morgan fingerprint density at radius 3 is 2.74 bits per heavy atom. The summed E-state index contributed by atoms with van der Waals surface area (Å²) >= 11 is 2.17. The van der Waals surface area contributed by atoms with E-state index in [2.05, 4.69) is 15.5 Å². The van der Waals surface area contributed by atoms with Crippen LogP contribution >= 0.6 is 23.1 Å². The van der Waals surface area contributed by atoms with E-state index < -0.39 is 53.3 Å². The standard InChI is InChI=1S/C17H20N6O8S2.Na/c1-22(2-3-24)17(29)31-4-7-5-32-14-10(13(26)23(14)11(7)15(27)28)20-12(25)9(21-30)8-6-33-16(18)19-8;/h6,10,14,24,30H,2-5H2,1H3,(H2,18,19)(H,20,25)(H,27,28);/q;+1/p-1/b21-9-;/t10?,14-;/m0./s1. The van der Waals surface area contributed by atoms with E-state index in [1.807, 2.05) is 0 Å². The number of aliphatic hydroxyl groups excluding tert-OH is 1. The number of hydrogen-bond acceptors (Lipinski definition) is 13. The van der Waals surface area contributed by atoms with Gasteiger partial charge in [0.05, 0.1) is 18.3 Å². The van der Waals surface area contributed by atoms with Gasteiger partial charge in [0.1, 0.15) is 23.7 Å². The number of β-lactam (4-membered cyclic amide) rings is 1. The minimum atomic E-state index is -1.64. The number of nitrogen functional groups attached to an aromatic ring is 1. The third kappa shape index (κ3) is 5.64. The van der Waals surface area contributed by atoms with Crippen LogP contribution in [0.3, 0.4) is 0 Å². The first-order chi connectivity index (χ1) is 15.7. The summed E-state index contributed by atoms with van der Waals surface area (Å²) < 4.78 is 5.05. The molecule has 1 saturated heterocycles. The maximum atomic E-state index is 12.7. The van der Waals surface area contributed by atoms with E-state index in [9.17, 15) is 29.5 Å². The van der Waals surface area contributed by atoms with Crippen LogP contribution in [0.2, 0.25) is 0 Å². The largest absolute Gasteiger partial charge is 1.00 e. The van der Waals surface area contributed by atoms with Crippen molar-refractivity contribution in [1.82, 2.24) is 20.1 Å². The van der Waals surface area contributed by atoms with Crippen molar-refractivity contribution in [3.05, 3.63) is 22.3 Å². The number of carbonyl (C=O) groups excluding carboxylic acids is 4. The van der Waals surface area contributed by atoms with Crippen LogP contribution < -0.4 is 45.7 Å². The topological polar surface area (TPSA) is 211 Å². The first kappa shape index (κ1) is 27.9. The number of aliphatic carboxylic acids is 1. The van der Waals surface area contributed by atoms with Crippen LogP contribution in [0, 0.1) is 0 Å². The van der Waals surface area contributed by atoms with E-state index in [0.717, 1.165) is 32.9 Å². The van der Waals surface area contributed by atoms with E-state index >= 15 is 0 Å². The second-order valence-corrected chi connectivity index (χ2v) is 8.81. The molecular formula is C17H19N6NaO8S2. The monoisotopic (exact) mass is 522 g/mol. The first-order valence-electron chi connectivity index (χ1n) is 9.30. The molecule has 0 spiro atoms. The number of carboxylic acid groups (broad SMARTS) is 1. The van der Waals surface area contributed by atoms with Gasteiger partial charge in [-0.05, 0) is 0 Å². The smallest absolute Gasteiger partial charge is 0.543 e. The molecule has 0 aromatic carbocycles. The number of thioether (sulfide) groups is 1. The van der Waals surface area contributed by atoms with Crippen molar-refractivity contribution in [2.45, 2.75) is 11.4 Å². The number of carboxylic acids is 1. The molecule has 0 aliphatic carbocycles. The maximum absolute atomic E-state index is 12.7. The molecule has 178 valence electrons. The molecule has 3 rings (SSSR count). The maximum Gasteiger partial charge on any atom is 1.00 e. The Morgan fingerprint density at radius 1 is 1.47 bits per heavy atom. The van der Waals surface area contributed by atoms with Crippen molar-refractivity contribution in [3.8, 4) is 0 Å². The van der Waals surface area contributed by atoms with E-state index in [-0.39, 0.29) is 64.9 Å². The van der Waals surface area contributed by atoms with E-state index in [0.29, 0.717) is 0 Å². The molecule has 2 atom stereocenters. The number of ether oxygens (including phenoxy) is 1. The van der Waals surface area contributed by atoms with Crippen molar-refractivity contribution < 1.29 is 68.9 Å². The van der Waals surface area contributed by atoms with Crippen molar-refractivity contribution in [3.63, 3.8) is 0 Å². The third-order valence-electron chi connectivity index (χ3n) is 4.72. The Hall–Kier alpha value is -2.37. The predicted molar refractivity (Wildman–Crippen MR) is 113 cm³/mol. The Labute approximate surface area is 223 Å². The number of thiazole rings is 1. The van der Waals surface area contributed by atoms with Gasteiger partial charge in [0.15, 0.2) is 10.8 Å². The van der Waals surface area contributed by atoms with Crippen LogP contribution in [-0.2, 0) is 19.1 Å². The molecule has 1 aromatic rings. The third-order valence-corrected chi connectivity index (χ3v) is 6.74. The molecule has 3 heterocycles. The van der Waals surface area contributed by atoms with Crippen LogP contribution in [-0.4, -0.2) is 98.7 Å². The van der Waals surface area contributed by atoms with Gasteiger partial charge in [-0.2, -0.15) is 0 Å². The van der Waals surface area contributed by atoms with E-state index in [4.69, 9.17) is 15.6 Å². The van der Waals surface area contributed by atoms with Gasteiger partial charge < -0.3 is 40.9 Å². The molecule has 1 unspecified atom stereocenters. The van der Waals surface area contributed by atoms with Crippen LogP contribution in [0.25, 0.3) is 0 Å². The van der Waals surface area contributed by atoms with Crippen molar-refractivity contribution in [2.75, 3.05) is 38.3 Å². The average molecular weight is 522 g/mol. The number of aromatic nitrogens is 1. The number of nitrogens with one attached hydrogen (secondary N) is 1. The van der Waals surface area contributed by atoms with Crippen molar-refractivity contribution >= 4 is 57.8 Å². The average Bonchev–Trinajstić information content (AvgIpc) is 3.21. The summed E-state index contributed by atoms with van der Waals surface area (Å²) in [6.07, 6.45) is -0.778. The van der Waals surface area contributed by atoms with Gasteiger partial charge in [0.25, 0.3) is 11.8 Å². The van der Waals surface area contributed by atoms with Gasteiger partial charge in [0.2, 0.25) is 0 Å². The van der Waals surface area contributed by atoms with Gasteiger partial charge in [0, 0.05) is 30.3 Å². The van der Waals surface area contributed by atoms with Gasteiger partial charge >= 0.3 is 35.7 Å². The molecule has 0 saturated carbocycles. The fourth-order valence-corrected chi connectivity index (χ4v) is 4.98. The summed E-state index contributed by atoms with van der Waals surface area (Å²) in [5, 5.41) is 35.9. The number of nitrogens with zero attached hydrogens (tertiary/aromatic N) is 4. The molecule has 0 radical (unpaired) electrons. The quantitative estimate of drug-likeness (QED) is 0.0831. The van der Waals surface area contributed by atoms with Crippen LogP contribution in [0.5, 0.6) is 0 Å². The number of amides is 3. The number of hydrogen-bond donors (Lipinski definition) is 4. The van der Waals surface area contributed by atoms with Crippen LogP contribution in [0.1, 0.15) is 5.69 Å². The Balaban J connectivity index is 0.00000408. The zero-order valence-electron chi connectivity index (χ0n) is 18.1. The van der Waals surface area contributed by atoms with E-state index in [1.54, 1.807) is 0 Å². The summed E-state index contributed by atoms with van der Waals surface area (Å²) in [6.45, 7) is -0.643. The van der Waals surface area contributed by atoms with Gasteiger partial charge in [-0.1, -0.05) is 5.16 Å². The second kappa shape index (κ2) is 11.9. The minimum absolute atomic E-state index is 0. The molecular weight excluding hydrogens is 503 g/mol. The predicted octanol–water partition coefficient (Wildman–Crippen LogP) is -5.63. The number of anilines is 1. The molecule has 2 aliphatic heterocycles. The zero-order valence-corrected chi connectivity index (χ0v) is 21.7.